The second-order valence-electron chi connectivity index (χ2n) is 5.63. The molecule has 0 amide bonds. The monoisotopic (exact) mass is 281 g/mol. The first-order valence-corrected chi connectivity index (χ1v) is 6.80. The summed E-state index contributed by atoms with van der Waals surface area (Å²) < 4.78 is 1.26. The van der Waals surface area contributed by atoms with E-state index in [1.807, 2.05) is 0 Å². The summed E-state index contributed by atoms with van der Waals surface area (Å²) in [5.41, 5.74) is 9.14. The van der Waals surface area contributed by atoms with E-state index in [1.165, 1.54) is 28.4 Å². The van der Waals surface area contributed by atoms with Crippen molar-refractivity contribution in [1.82, 2.24) is 0 Å². The molecule has 1 unspecified atom stereocenters. The number of benzene rings is 1. The van der Waals surface area contributed by atoms with Crippen LogP contribution in [0.25, 0.3) is 0 Å². The summed E-state index contributed by atoms with van der Waals surface area (Å²) in [5.74, 6) is 0.640. The van der Waals surface area contributed by atoms with E-state index in [9.17, 15) is 0 Å². The van der Waals surface area contributed by atoms with Crippen molar-refractivity contribution < 1.29 is 0 Å². The molecule has 1 aliphatic rings. The first kappa shape index (κ1) is 12.1. The molecule has 0 radical (unpaired) electrons. The summed E-state index contributed by atoms with van der Waals surface area (Å²) in [6.45, 7) is 5.50. The zero-order valence-electron chi connectivity index (χ0n) is 10.1. The first-order chi connectivity index (χ1) is 7.53. The molecule has 1 aromatic rings. The molecule has 0 aliphatic heterocycles. The lowest BCUT2D eigenvalue weighted by atomic mass is 9.68. The van der Waals surface area contributed by atoms with Crippen LogP contribution in [0.5, 0.6) is 0 Å². The lowest BCUT2D eigenvalue weighted by Gasteiger charge is -2.37. The molecule has 1 aromatic carbocycles. The maximum absolute atomic E-state index is 5.73. The normalized spacial score (nSPS) is 22.9. The zero-order valence-corrected chi connectivity index (χ0v) is 11.7. The number of hydrogen-bond acceptors (Lipinski definition) is 1. The number of rotatable bonds is 2. The molecule has 88 valence electrons. The van der Waals surface area contributed by atoms with Crippen LogP contribution in [0.1, 0.15) is 43.7 Å². The molecule has 2 rings (SSSR count). The third-order valence-electron chi connectivity index (χ3n) is 3.56. The highest BCUT2D eigenvalue weighted by atomic mass is 79.9. The quantitative estimate of drug-likeness (QED) is 0.876. The maximum Gasteiger partial charge on any atom is 0.0210 e. The summed E-state index contributed by atoms with van der Waals surface area (Å²) in [5, 5.41) is 0. The molecule has 1 atom stereocenters. The highest BCUT2D eigenvalue weighted by Gasteiger charge is 2.32. The second-order valence-corrected chi connectivity index (χ2v) is 6.48. The lowest BCUT2D eigenvalue weighted by molar-refractivity contribution is 0.274. The molecule has 1 aliphatic carbocycles. The van der Waals surface area contributed by atoms with Crippen LogP contribution in [-0.2, 0) is 6.42 Å². The summed E-state index contributed by atoms with van der Waals surface area (Å²) in [7, 11) is 0. The fourth-order valence-corrected chi connectivity index (χ4v) is 3.45. The number of fused-ring (bicyclic) bond motifs is 1. The standard InChI is InChI=1S/C14H20BrN/c1-14(2)8-10(6-7-16)11-4-3-5-13(15)12(11)9-14/h3-5,10H,6-9,16H2,1-2H3. The van der Waals surface area contributed by atoms with Crippen LogP contribution in [0.2, 0.25) is 0 Å². The van der Waals surface area contributed by atoms with Gasteiger partial charge in [0.2, 0.25) is 0 Å². The second kappa shape index (κ2) is 4.50. The molecule has 2 heteroatoms. The first-order valence-electron chi connectivity index (χ1n) is 6.01. The molecule has 0 heterocycles. The third kappa shape index (κ3) is 2.33. The number of halogens is 1. The van der Waals surface area contributed by atoms with Crippen LogP contribution in [0.4, 0.5) is 0 Å². The van der Waals surface area contributed by atoms with Crippen molar-refractivity contribution >= 4 is 15.9 Å². The van der Waals surface area contributed by atoms with Crippen LogP contribution in [0.3, 0.4) is 0 Å². The minimum atomic E-state index is 0.400. The summed E-state index contributed by atoms with van der Waals surface area (Å²) in [6, 6.07) is 6.57. The van der Waals surface area contributed by atoms with Gasteiger partial charge >= 0.3 is 0 Å². The van der Waals surface area contributed by atoms with Crippen molar-refractivity contribution in [3.63, 3.8) is 0 Å². The highest BCUT2D eigenvalue weighted by molar-refractivity contribution is 9.10. The van der Waals surface area contributed by atoms with E-state index in [0.29, 0.717) is 11.3 Å². The molecule has 0 saturated carbocycles. The van der Waals surface area contributed by atoms with Crippen molar-refractivity contribution in [3.8, 4) is 0 Å². The molecule has 1 nitrogen and oxygen atoms in total. The predicted octanol–water partition coefficient (Wildman–Crippen LogP) is 3.85. The molecular formula is C14H20BrN. The summed E-state index contributed by atoms with van der Waals surface area (Å²) >= 11 is 3.68. The van der Waals surface area contributed by atoms with E-state index in [2.05, 4.69) is 48.0 Å². The van der Waals surface area contributed by atoms with E-state index in [1.54, 1.807) is 0 Å². The third-order valence-corrected chi connectivity index (χ3v) is 4.31. The van der Waals surface area contributed by atoms with Crippen molar-refractivity contribution in [3.05, 3.63) is 33.8 Å². The van der Waals surface area contributed by atoms with Crippen molar-refractivity contribution in [2.24, 2.45) is 11.1 Å². The van der Waals surface area contributed by atoms with Crippen molar-refractivity contribution in [1.29, 1.82) is 0 Å². The van der Waals surface area contributed by atoms with Gasteiger partial charge in [-0.3, -0.25) is 0 Å². The largest absolute Gasteiger partial charge is 0.330 e. The fraction of sp³-hybridized carbons (Fsp3) is 0.571. The Labute approximate surface area is 107 Å². The molecule has 0 bridgehead atoms. The smallest absolute Gasteiger partial charge is 0.0210 e. The molecule has 2 N–H and O–H groups in total. The van der Waals surface area contributed by atoms with Gasteiger partial charge < -0.3 is 5.73 Å². The highest BCUT2D eigenvalue weighted by Crippen LogP contribution is 2.45. The van der Waals surface area contributed by atoms with Gasteiger partial charge in [0, 0.05) is 4.47 Å². The van der Waals surface area contributed by atoms with Gasteiger partial charge in [0.25, 0.3) is 0 Å². The Morgan fingerprint density at radius 3 is 2.88 bits per heavy atom. The van der Waals surface area contributed by atoms with E-state index in [4.69, 9.17) is 5.73 Å². The molecule has 0 saturated heterocycles. The van der Waals surface area contributed by atoms with E-state index in [-0.39, 0.29) is 0 Å². The van der Waals surface area contributed by atoms with Gasteiger partial charge in [0.15, 0.2) is 0 Å². The summed E-state index contributed by atoms with van der Waals surface area (Å²) in [4.78, 5) is 0. The van der Waals surface area contributed by atoms with Gasteiger partial charge in [0.1, 0.15) is 0 Å². The molecule has 0 aromatic heterocycles. The van der Waals surface area contributed by atoms with Gasteiger partial charge in [-0.15, -0.1) is 0 Å². The van der Waals surface area contributed by atoms with Crippen molar-refractivity contribution in [2.75, 3.05) is 6.54 Å². The SMILES string of the molecule is CC1(C)Cc2c(Br)cccc2C(CCN)C1. The van der Waals surface area contributed by atoms with Gasteiger partial charge in [-0.1, -0.05) is 41.9 Å². The molecular weight excluding hydrogens is 262 g/mol. The topological polar surface area (TPSA) is 26.0 Å². The predicted molar refractivity (Wildman–Crippen MR) is 72.7 cm³/mol. The Hall–Kier alpha value is -0.340. The average Bonchev–Trinajstić information content (AvgIpc) is 2.19. The van der Waals surface area contributed by atoms with Crippen molar-refractivity contribution in [2.45, 2.75) is 39.0 Å². The van der Waals surface area contributed by atoms with E-state index in [0.717, 1.165) is 13.0 Å². The zero-order chi connectivity index (χ0) is 11.8. The van der Waals surface area contributed by atoms with Crippen LogP contribution in [0.15, 0.2) is 22.7 Å². The molecule has 0 fully saturated rings. The number of nitrogens with two attached hydrogens (primary N) is 1. The minimum Gasteiger partial charge on any atom is -0.330 e. The van der Waals surface area contributed by atoms with Crippen LogP contribution < -0.4 is 5.73 Å². The Kier molecular flexibility index (Phi) is 3.41. The van der Waals surface area contributed by atoms with Gasteiger partial charge in [-0.05, 0) is 54.3 Å². The van der Waals surface area contributed by atoms with Gasteiger partial charge in [0.05, 0.1) is 0 Å². The van der Waals surface area contributed by atoms with Crippen LogP contribution in [0, 0.1) is 5.41 Å². The van der Waals surface area contributed by atoms with E-state index >= 15 is 0 Å². The Balaban J connectivity index is 2.42. The Morgan fingerprint density at radius 2 is 2.19 bits per heavy atom. The average molecular weight is 282 g/mol. The minimum absolute atomic E-state index is 0.400. The molecule has 0 spiro atoms. The Bertz CT molecular complexity index is 384. The fourth-order valence-electron chi connectivity index (χ4n) is 2.93. The summed E-state index contributed by atoms with van der Waals surface area (Å²) in [6.07, 6.45) is 3.53. The van der Waals surface area contributed by atoms with Crippen LogP contribution >= 0.6 is 15.9 Å². The number of hydrogen-bond donors (Lipinski definition) is 1. The molecule has 16 heavy (non-hydrogen) atoms. The maximum atomic E-state index is 5.73. The lowest BCUT2D eigenvalue weighted by Crippen LogP contribution is -2.27. The van der Waals surface area contributed by atoms with Gasteiger partial charge in [-0.2, -0.15) is 0 Å². The van der Waals surface area contributed by atoms with E-state index < -0.39 is 0 Å². The Morgan fingerprint density at radius 1 is 1.44 bits per heavy atom. The van der Waals surface area contributed by atoms with Crippen LogP contribution in [-0.4, -0.2) is 6.54 Å². The van der Waals surface area contributed by atoms with Gasteiger partial charge in [-0.25, -0.2) is 0 Å².